The Bertz CT molecular complexity index is 1630. The Balaban J connectivity index is 1.57. The molecule has 4 N–H and O–H groups in total. The van der Waals surface area contributed by atoms with Crippen LogP contribution in [0.1, 0.15) is 84.3 Å². The van der Waals surface area contributed by atoms with E-state index in [4.69, 9.17) is 4.74 Å². The molecule has 5 atom stereocenters. The molecule has 2 aliphatic heterocycles. The Labute approximate surface area is 317 Å². The fourth-order valence-corrected chi connectivity index (χ4v) is 6.76. The number of carbonyl (C=O) groups is 7. The Morgan fingerprint density at radius 1 is 1.02 bits per heavy atom. The molecule has 1 aromatic carbocycles. The van der Waals surface area contributed by atoms with Gasteiger partial charge in [0, 0.05) is 32.0 Å². The number of ketones is 2. The lowest BCUT2D eigenvalue weighted by atomic mass is 9.85. The summed E-state index contributed by atoms with van der Waals surface area (Å²) in [7, 11) is 0. The zero-order valence-corrected chi connectivity index (χ0v) is 32.2. The molecule has 2 fully saturated rings. The van der Waals surface area contributed by atoms with E-state index in [0.29, 0.717) is 37.9 Å². The van der Waals surface area contributed by atoms with E-state index in [0.717, 1.165) is 24.0 Å². The number of benzene rings is 1. The number of rotatable bonds is 16. The molecule has 1 saturated carbocycles. The molecule has 4 rings (SSSR count). The van der Waals surface area contributed by atoms with Gasteiger partial charge in [-0.15, -0.1) is 6.58 Å². The molecule has 0 aromatic heterocycles. The molecule has 1 unspecified atom stereocenters. The molecule has 294 valence electrons. The monoisotopic (exact) mass is 748 g/mol. The number of ether oxygens (including phenoxy) is 1. The average Bonchev–Trinajstić information content (AvgIpc) is 3.91. The normalized spacial score (nSPS) is 19.6. The number of likely N-dealkylation sites (tertiary alicyclic amines) is 1. The highest BCUT2D eigenvalue weighted by Gasteiger charge is 2.47. The number of nitrogens with zero attached hydrogens (tertiary/aromatic N) is 2. The predicted molar refractivity (Wildman–Crippen MR) is 202 cm³/mol. The Morgan fingerprint density at radius 3 is 2.31 bits per heavy atom. The first-order valence-electron chi connectivity index (χ1n) is 18.9. The van der Waals surface area contributed by atoms with Crippen LogP contribution in [-0.2, 0) is 41.7 Å². The van der Waals surface area contributed by atoms with Crippen molar-refractivity contribution in [3.63, 3.8) is 0 Å². The molecule has 6 amide bonds. The standard InChI is InChI=1S/C40H56N6O8/c1-8-10-15-29(33(48)36(50)41-19-9-2)42-35(49)30-21-28(54-39(53)45-20-18-25-13-11-12-14-27(25)22-45)23-46(30)37(51)34(40(5,6)7)44-38(52)43-31(24(3)4)32(47)26-16-17-26/h9,11-14,26,28-31,34H,2-3,8,10,15-23H2,1,4-7H3,(H,41,50)(H,42,49)(H2,43,44,52)/t28-,29?,30+,31+,34-/m1/s1. The van der Waals surface area contributed by atoms with Gasteiger partial charge in [-0.1, -0.05) is 83.0 Å². The number of amides is 6. The number of hydrogen-bond acceptors (Lipinski definition) is 8. The minimum atomic E-state index is -1.21. The van der Waals surface area contributed by atoms with Gasteiger partial charge in [0.05, 0.1) is 12.6 Å². The Hall–Kier alpha value is -5.01. The van der Waals surface area contributed by atoms with Crippen LogP contribution in [0.3, 0.4) is 0 Å². The molecular weight excluding hydrogens is 692 g/mol. The van der Waals surface area contributed by atoms with E-state index < -0.39 is 71.3 Å². The highest BCUT2D eigenvalue weighted by Crippen LogP contribution is 2.32. The molecule has 0 spiro atoms. The predicted octanol–water partition coefficient (Wildman–Crippen LogP) is 3.33. The topological polar surface area (TPSA) is 183 Å². The first-order valence-corrected chi connectivity index (χ1v) is 18.9. The fourth-order valence-electron chi connectivity index (χ4n) is 6.76. The third kappa shape index (κ3) is 10.8. The molecule has 54 heavy (non-hydrogen) atoms. The van der Waals surface area contributed by atoms with Crippen molar-refractivity contribution >= 4 is 41.4 Å². The minimum Gasteiger partial charge on any atom is -0.444 e. The van der Waals surface area contributed by atoms with Crippen molar-refractivity contribution in [2.75, 3.05) is 19.6 Å². The molecule has 0 radical (unpaired) electrons. The second-order valence-electron chi connectivity index (χ2n) is 15.6. The first-order chi connectivity index (χ1) is 25.5. The lowest BCUT2D eigenvalue weighted by Crippen LogP contribution is -2.61. The van der Waals surface area contributed by atoms with E-state index in [1.165, 1.54) is 11.0 Å². The number of carbonyl (C=O) groups excluding carboxylic acids is 7. The number of unbranched alkanes of at least 4 members (excludes halogenated alkanes) is 1. The van der Waals surface area contributed by atoms with Crippen molar-refractivity contribution in [2.24, 2.45) is 11.3 Å². The number of fused-ring (bicyclic) bond motifs is 1. The van der Waals surface area contributed by atoms with Crippen LogP contribution in [0.5, 0.6) is 0 Å². The average molecular weight is 749 g/mol. The number of nitrogens with one attached hydrogen (secondary N) is 4. The minimum absolute atomic E-state index is 0.0657. The summed E-state index contributed by atoms with van der Waals surface area (Å²) in [5.41, 5.74) is 1.74. The van der Waals surface area contributed by atoms with Gasteiger partial charge in [-0.25, -0.2) is 9.59 Å². The molecule has 1 saturated heterocycles. The molecule has 3 aliphatic rings. The van der Waals surface area contributed by atoms with Gasteiger partial charge in [0.25, 0.3) is 5.91 Å². The largest absolute Gasteiger partial charge is 0.444 e. The molecule has 0 bridgehead atoms. The van der Waals surface area contributed by atoms with Crippen LogP contribution in [0.2, 0.25) is 0 Å². The highest BCUT2D eigenvalue weighted by atomic mass is 16.6. The zero-order chi connectivity index (χ0) is 39.7. The Morgan fingerprint density at radius 2 is 1.70 bits per heavy atom. The third-order valence-electron chi connectivity index (χ3n) is 10.0. The van der Waals surface area contributed by atoms with E-state index in [-0.39, 0.29) is 37.6 Å². The van der Waals surface area contributed by atoms with Crippen molar-refractivity contribution in [3.05, 3.63) is 60.2 Å². The van der Waals surface area contributed by atoms with Gasteiger partial charge in [0.1, 0.15) is 24.2 Å². The highest BCUT2D eigenvalue weighted by molar-refractivity contribution is 6.38. The second-order valence-corrected chi connectivity index (χ2v) is 15.6. The number of urea groups is 1. The Kier molecular flexibility index (Phi) is 14.2. The number of hydrogen-bond donors (Lipinski definition) is 4. The summed E-state index contributed by atoms with van der Waals surface area (Å²) in [6.45, 7) is 16.9. The summed E-state index contributed by atoms with van der Waals surface area (Å²) in [6, 6.07) is 2.58. The van der Waals surface area contributed by atoms with Crippen LogP contribution >= 0.6 is 0 Å². The molecule has 1 aliphatic carbocycles. The van der Waals surface area contributed by atoms with Gasteiger partial charge in [-0.2, -0.15) is 0 Å². The fraction of sp³-hybridized carbons (Fsp3) is 0.575. The van der Waals surface area contributed by atoms with E-state index in [2.05, 4.69) is 34.4 Å². The maximum Gasteiger partial charge on any atom is 0.410 e. The SMILES string of the molecule is C=CCNC(=O)C(=O)C(CCCC)NC(=O)[C@@H]1C[C@@H](OC(=O)N2CCc3ccccc3C2)CN1C(=O)[C@@H](NC(=O)N[C@@H](C(=C)C)C(=O)C1CC1)C(C)(C)C. The lowest BCUT2D eigenvalue weighted by Gasteiger charge is -2.36. The van der Waals surface area contributed by atoms with E-state index in [1.807, 2.05) is 31.2 Å². The molecule has 1 aromatic rings. The maximum absolute atomic E-state index is 14.5. The molecule has 14 heteroatoms. The summed E-state index contributed by atoms with van der Waals surface area (Å²) in [5.74, 6) is -3.31. The van der Waals surface area contributed by atoms with Gasteiger partial charge < -0.3 is 35.8 Å². The van der Waals surface area contributed by atoms with E-state index in [1.54, 1.807) is 32.6 Å². The number of Topliss-reactive ketones (excluding diaryl/α,β-unsaturated/α-hetero) is 2. The van der Waals surface area contributed by atoms with Crippen LogP contribution in [0.25, 0.3) is 0 Å². The van der Waals surface area contributed by atoms with Crippen LogP contribution in [0.15, 0.2) is 49.1 Å². The van der Waals surface area contributed by atoms with Crippen molar-refractivity contribution in [1.29, 1.82) is 0 Å². The summed E-state index contributed by atoms with van der Waals surface area (Å²) in [6.07, 6.45) is 3.43. The van der Waals surface area contributed by atoms with E-state index in [9.17, 15) is 33.6 Å². The van der Waals surface area contributed by atoms with Crippen LogP contribution in [0.4, 0.5) is 9.59 Å². The van der Waals surface area contributed by atoms with Crippen molar-refractivity contribution < 1.29 is 38.3 Å². The van der Waals surface area contributed by atoms with Crippen LogP contribution in [0, 0.1) is 11.3 Å². The van der Waals surface area contributed by atoms with Gasteiger partial charge in [-0.3, -0.25) is 24.0 Å². The third-order valence-corrected chi connectivity index (χ3v) is 10.0. The summed E-state index contributed by atoms with van der Waals surface area (Å²) in [5, 5.41) is 10.6. The second kappa shape index (κ2) is 18.4. The maximum atomic E-state index is 14.5. The zero-order valence-electron chi connectivity index (χ0n) is 32.2. The molecule has 14 nitrogen and oxygen atoms in total. The summed E-state index contributed by atoms with van der Waals surface area (Å²) in [4.78, 5) is 97.1. The smallest absolute Gasteiger partial charge is 0.410 e. The van der Waals surface area contributed by atoms with Gasteiger partial charge in [-0.05, 0) is 49.1 Å². The summed E-state index contributed by atoms with van der Waals surface area (Å²) < 4.78 is 5.93. The quantitative estimate of drug-likeness (QED) is 0.147. The molecule has 2 heterocycles. The summed E-state index contributed by atoms with van der Waals surface area (Å²) >= 11 is 0. The van der Waals surface area contributed by atoms with Crippen LogP contribution in [-0.4, -0.2) is 101 Å². The van der Waals surface area contributed by atoms with Gasteiger partial charge >= 0.3 is 12.1 Å². The van der Waals surface area contributed by atoms with Crippen LogP contribution < -0.4 is 21.3 Å². The van der Waals surface area contributed by atoms with Crippen molar-refractivity contribution in [2.45, 2.75) is 116 Å². The van der Waals surface area contributed by atoms with Gasteiger partial charge in [0.15, 0.2) is 5.78 Å². The van der Waals surface area contributed by atoms with Gasteiger partial charge in [0.2, 0.25) is 17.6 Å². The first kappa shape index (κ1) is 41.7. The van der Waals surface area contributed by atoms with Crippen molar-refractivity contribution in [1.82, 2.24) is 31.1 Å². The van der Waals surface area contributed by atoms with Crippen molar-refractivity contribution in [3.8, 4) is 0 Å². The van der Waals surface area contributed by atoms with E-state index >= 15 is 0 Å². The molecular formula is C40H56N6O8. The lowest BCUT2D eigenvalue weighted by molar-refractivity contribution is -0.143.